The van der Waals surface area contributed by atoms with Gasteiger partial charge >= 0.3 is 6.01 Å². The van der Waals surface area contributed by atoms with E-state index in [1.807, 2.05) is 18.2 Å². The van der Waals surface area contributed by atoms with Crippen LogP contribution < -0.4 is 9.64 Å². The lowest BCUT2D eigenvalue weighted by Crippen LogP contribution is -2.43. The molecule has 2 aromatic carbocycles. The van der Waals surface area contributed by atoms with Crippen LogP contribution in [0.3, 0.4) is 0 Å². The topological polar surface area (TPSA) is 74.6 Å². The highest BCUT2D eigenvalue weighted by atomic mass is 19.1. The molecule has 43 heavy (non-hydrogen) atoms. The summed E-state index contributed by atoms with van der Waals surface area (Å²) in [6.07, 6.45) is 10.0. The average Bonchev–Trinajstić information content (AvgIpc) is 3.69. The number of phenols is 1. The molecule has 4 aromatic rings. The van der Waals surface area contributed by atoms with Gasteiger partial charge in [-0.05, 0) is 98.3 Å². The number of fused-ring (bicyclic) bond motifs is 5. The maximum absolute atomic E-state index is 16.8. The summed E-state index contributed by atoms with van der Waals surface area (Å²) in [4.78, 5) is 19.0. The summed E-state index contributed by atoms with van der Waals surface area (Å²) < 4.78 is 36.7. The third-order valence-corrected chi connectivity index (χ3v) is 10.5. The first kappa shape index (κ1) is 27.0. The van der Waals surface area contributed by atoms with E-state index in [2.05, 4.69) is 19.8 Å². The molecule has 0 radical (unpaired) electrons. The smallest absolute Gasteiger partial charge is 0.319 e. The van der Waals surface area contributed by atoms with E-state index in [9.17, 15) is 9.50 Å². The molecule has 2 bridgehead atoms. The number of aryl methyl sites for hydroxylation is 1. The van der Waals surface area contributed by atoms with Crippen molar-refractivity contribution in [2.75, 3.05) is 44.4 Å². The van der Waals surface area contributed by atoms with Crippen LogP contribution in [0.5, 0.6) is 11.8 Å². The van der Waals surface area contributed by atoms with Gasteiger partial charge in [-0.2, -0.15) is 9.97 Å². The minimum atomic E-state index is -0.588. The number of anilines is 1. The summed E-state index contributed by atoms with van der Waals surface area (Å²) in [6.45, 7) is 3.90. The molecule has 2 unspecified atom stereocenters. The van der Waals surface area contributed by atoms with Crippen LogP contribution in [0.4, 0.5) is 14.6 Å². The Labute approximate surface area is 249 Å². The Balaban J connectivity index is 1.27. The monoisotopic (exact) mass is 585 g/mol. The van der Waals surface area contributed by atoms with Crippen LogP contribution in [0, 0.1) is 17.7 Å². The number of ether oxygens (including phenoxy) is 1. The fraction of sp³-hybridized carbons (Fsp3) is 0.500. The summed E-state index contributed by atoms with van der Waals surface area (Å²) in [5, 5.41) is 12.5. The van der Waals surface area contributed by atoms with Crippen LogP contribution in [-0.2, 0) is 6.42 Å². The lowest BCUT2D eigenvalue weighted by atomic mass is 9.94. The second kappa shape index (κ2) is 10.5. The first-order valence-electron chi connectivity index (χ1n) is 15.8. The molecule has 5 heterocycles. The number of aromatic nitrogens is 3. The van der Waals surface area contributed by atoms with Crippen LogP contribution in [0.15, 0.2) is 36.5 Å². The van der Waals surface area contributed by atoms with Crippen molar-refractivity contribution in [2.45, 2.75) is 56.9 Å². The van der Waals surface area contributed by atoms with Crippen molar-refractivity contribution in [2.24, 2.45) is 11.8 Å². The lowest BCUT2D eigenvalue weighted by Gasteiger charge is -2.34. The zero-order chi connectivity index (χ0) is 29.1. The first-order chi connectivity index (χ1) is 21.0. The van der Waals surface area contributed by atoms with Gasteiger partial charge in [-0.25, -0.2) is 4.39 Å². The van der Waals surface area contributed by atoms with Crippen LogP contribution in [0.2, 0.25) is 0 Å². The SMILES string of the molecule is Oc1cc(-c2ncc3c(N4CC5CCC(C5)C4)nc(OCC45CCCN4CCC5)nc3c2F)c2c(CCF)cccc2c1. The Bertz CT molecular complexity index is 1690. The number of phenolic OH excluding ortho intramolecular Hbond substituents is 1. The third-order valence-electron chi connectivity index (χ3n) is 10.5. The minimum absolute atomic E-state index is 0.00526. The van der Waals surface area contributed by atoms with Gasteiger partial charge in [-0.1, -0.05) is 18.2 Å². The second-order valence-electron chi connectivity index (χ2n) is 13.1. The summed E-state index contributed by atoms with van der Waals surface area (Å²) in [6, 6.07) is 8.83. The molecule has 3 saturated heterocycles. The number of hydrogen-bond acceptors (Lipinski definition) is 7. The van der Waals surface area contributed by atoms with Crippen LogP contribution in [0.25, 0.3) is 32.9 Å². The molecule has 2 atom stereocenters. The minimum Gasteiger partial charge on any atom is -0.508 e. The Morgan fingerprint density at radius 1 is 1.05 bits per heavy atom. The summed E-state index contributed by atoms with van der Waals surface area (Å²) in [5.74, 6) is 1.31. The maximum Gasteiger partial charge on any atom is 0.319 e. The van der Waals surface area contributed by atoms with Gasteiger partial charge in [-0.15, -0.1) is 0 Å². The Morgan fingerprint density at radius 3 is 2.60 bits per heavy atom. The van der Waals surface area contributed by atoms with E-state index < -0.39 is 12.5 Å². The lowest BCUT2D eigenvalue weighted by molar-refractivity contribution is 0.108. The van der Waals surface area contributed by atoms with E-state index in [0.717, 1.165) is 57.4 Å². The zero-order valence-electron chi connectivity index (χ0n) is 24.4. The number of benzene rings is 2. The van der Waals surface area contributed by atoms with Gasteiger partial charge in [0, 0.05) is 31.3 Å². The predicted molar refractivity (Wildman–Crippen MR) is 163 cm³/mol. The van der Waals surface area contributed by atoms with Crippen molar-refractivity contribution in [3.63, 3.8) is 0 Å². The molecular formula is C34H37F2N5O2. The zero-order valence-corrected chi connectivity index (χ0v) is 24.4. The Hall–Kier alpha value is -3.59. The fourth-order valence-electron chi connectivity index (χ4n) is 8.54. The van der Waals surface area contributed by atoms with E-state index in [-0.39, 0.29) is 34.9 Å². The van der Waals surface area contributed by atoms with Gasteiger partial charge in [0.1, 0.15) is 29.4 Å². The number of pyridine rings is 1. The van der Waals surface area contributed by atoms with Gasteiger partial charge < -0.3 is 14.7 Å². The van der Waals surface area contributed by atoms with Crippen LogP contribution in [-0.4, -0.2) is 70.0 Å². The van der Waals surface area contributed by atoms with Gasteiger partial charge in [0.2, 0.25) is 0 Å². The molecule has 7 nitrogen and oxygen atoms in total. The van der Waals surface area contributed by atoms with E-state index in [4.69, 9.17) is 9.72 Å². The second-order valence-corrected chi connectivity index (χ2v) is 13.1. The Morgan fingerprint density at radius 2 is 1.84 bits per heavy atom. The predicted octanol–water partition coefficient (Wildman–Crippen LogP) is 6.45. The van der Waals surface area contributed by atoms with E-state index in [1.165, 1.54) is 25.3 Å². The molecule has 9 heteroatoms. The van der Waals surface area contributed by atoms with E-state index in [1.54, 1.807) is 12.3 Å². The highest BCUT2D eigenvalue weighted by molar-refractivity contribution is 6.01. The van der Waals surface area contributed by atoms with Crippen molar-refractivity contribution < 1.29 is 18.6 Å². The summed E-state index contributed by atoms with van der Waals surface area (Å²) in [5.41, 5.74) is 1.41. The quantitative estimate of drug-likeness (QED) is 0.267. The van der Waals surface area contributed by atoms with Crippen molar-refractivity contribution in [1.82, 2.24) is 19.9 Å². The number of aromatic hydroxyl groups is 1. The van der Waals surface area contributed by atoms with Crippen molar-refractivity contribution in [1.29, 1.82) is 0 Å². The van der Waals surface area contributed by atoms with Crippen LogP contribution >= 0.6 is 0 Å². The number of rotatable bonds is 7. The molecule has 3 aliphatic heterocycles. The number of alkyl halides is 1. The highest BCUT2D eigenvalue weighted by Gasteiger charge is 2.45. The van der Waals surface area contributed by atoms with Crippen LogP contribution in [0.1, 0.15) is 50.5 Å². The van der Waals surface area contributed by atoms with Crippen molar-refractivity contribution >= 4 is 27.5 Å². The number of hydrogen-bond donors (Lipinski definition) is 1. The largest absolute Gasteiger partial charge is 0.508 e. The third kappa shape index (κ3) is 4.58. The number of halogens is 2. The van der Waals surface area contributed by atoms with Gasteiger partial charge in [-0.3, -0.25) is 14.3 Å². The van der Waals surface area contributed by atoms with Crippen molar-refractivity contribution in [3.05, 3.63) is 47.9 Å². The van der Waals surface area contributed by atoms with Gasteiger partial charge in [0.15, 0.2) is 5.82 Å². The molecule has 1 N–H and O–H groups in total. The molecule has 0 spiro atoms. The molecule has 4 fully saturated rings. The number of piperidine rings is 1. The molecule has 224 valence electrons. The highest BCUT2D eigenvalue weighted by Crippen LogP contribution is 2.43. The summed E-state index contributed by atoms with van der Waals surface area (Å²) in [7, 11) is 0. The maximum atomic E-state index is 16.8. The van der Waals surface area contributed by atoms with E-state index in [0.29, 0.717) is 46.0 Å². The molecule has 0 amide bonds. The summed E-state index contributed by atoms with van der Waals surface area (Å²) >= 11 is 0. The van der Waals surface area contributed by atoms with Gasteiger partial charge in [0.25, 0.3) is 0 Å². The van der Waals surface area contributed by atoms with E-state index >= 15 is 4.39 Å². The first-order valence-corrected chi connectivity index (χ1v) is 15.8. The fourth-order valence-corrected chi connectivity index (χ4v) is 8.54. The molecule has 2 aromatic heterocycles. The molecular weight excluding hydrogens is 548 g/mol. The Kier molecular flexibility index (Phi) is 6.62. The average molecular weight is 586 g/mol. The van der Waals surface area contributed by atoms with Gasteiger partial charge in [0.05, 0.1) is 17.6 Å². The molecule has 1 aliphatic carbocycles. The molecule has 8 rings (SSSR count). The normalized spacial score (nSPS) is 23.0. The van der Waals surface area contributed by atoms with Crippen molar-refractivity contribution in [3.8, 4) is 23.0 Å². The standard InChI is InChI=1S/C34H37F2N5O2/c35-11-8-23-4-1-5-24-15-25(42)16-26(28(23)24)30-29(36)31-27(17-37-30)32(40-18-21-6-7-22(14-21)19-40)39-33(38-31)43-20-34-9-2-12-41(34)13-3-10-34/h1,4-5,15-17,21-22,42H,2-3,6-14,18-20H2. The number of nitrogens with zero attached hydrogens (tertiary/aromatic N) is 5. The molecule has 4 aliphatic rings. The molecule has 1 saturated carbocycles.